The monoisotopic (exact) mass is 322 g/mol. The standard InChI is InChI=1S/C12H16Cl2N2O2S/c1-9-3-2-5-16(6-4-9)19(17,18)10-7-11(13)12(14)15-8-10/h7-9H,2-6H2,1H3. The summed E-state index contributed by atoms with van der Waals surface area (Å²) < 4.78 is 26.5. The number of pyridine rings is 1. The summed E-state index contributed by atoms with van der Waals surface area (Å²) in [6.45, 7) is 3.24. The van der Waals surface area contributed by atoms with E-state index in [-0.39, 0.29) is 15.1 Å². The fraction of sp³-hybridized carbons (Fsp3) is 0.583. The zero-order valence-corrected chi connectivity index (χ0v) is 13.0. The number of halogens is 2. The summed E-state index contributed by atoms with van der Waals surface area (Å²) in [7, 11) is -3.52. The quantitative estimate of drug-likeness (QED) is 0.785. The molecule has 0 aromatic carbocycles. The summed E-state index contributed by atoms with van der Waals surface area (Å²) in [5.74, 6) is 0.562. The van der Waals surface area contributed by atoms with Crippen molar-refractivity contribution in [3.05, 3.63) is 22.4 Å². The van der Waals surface area contributed by atoms with Crippen LogP contribution in [0.15, 0.2) is 17.2 Å². The van der Waals surface area contributed by atoms with Gasteiger partial charge in [0.2, 0.25) is 10.0 Å². The minimum atomic E-state index is -3.52. The van der Waals surface area contributed by atoms with E-state index in [1.807, 2.05) is 0 Å². The lowest BCUT2D eigenvalue weighted by Crippen LogP contribution is -2.32. The summed E-state index contributed by atoms with van der Waals surface area (Å²) in [6.07, 6.45) is 4.09. The second-order valence-electron chi connectivity index (χ2n) is 4.88. The van der Waals surface area contributed by atoms with Crippen LogP contribution in [0.4, 0.5) is 0 Å². The predicted molar refractivity (Wildman–Crippen MR) is 76.0 cm³/mol. The fourth-order valence-corrected chi connectivity index (χ4v) is 3.97. The lowest BCUT2D eigenvalue weighted by Gasteiger charge is -2.20. The predicted octanol–water partition coefficient (Wildman–Crippen LogP) is 3.20. The molecule has 1 saturated heterocycles. The normalized spacial score (nSPS) is 22.2. The first kappa shape index (κ1) is 15.0. The Balaban J connectivity index is 2.28. The SMILES string of the molecule is CC1CCCN(S(=O)(=O)c2cnc(Cl)c(Cl)c2)CC1. The highest BCUT2D eigenvalue weighted by Crippen LogP contribution is 2.26. The maximum Gasteiger partial charge on any atom is 0.244 e. The Morgan fingerprint density at radius 3 is 2.74 bits per heavy atom. The second-order valence-corrected chi connectivity index (χ2v) is 7.59. The fourth-order valence-electron chi connectivity index (χ4n) is 2.17. The van der Waals surface area contributed by atoms with E-state index >= 15 is 0 Å². The number of nitrogens with zero attached hydrogens (tertiary/aromatic N) is 2. The Morgan fingerprint density at radius 1 is 1.32 bits per heavy atom. The molecule has 0 spiro atoms. The minimum Gasteiger partial charge on any atom is -0.242 e. The van der Waals surface area contributed by atoms with Crippen LogP contribution in [-0.4, -0.2) is 30.8 Å². The Hall–Kier alpha value is -0.360. The molecule has 0 aliphatic carbocycles. The largest absolute Gasteiger partial charge is 0.244 e. The summed E-state index contributed by atoms with van der Waals surface area (Å²) in [5.41, 5.74) is 0. The zero-order chi connectivity index (χ0) is 14.0. The molecule has 7 heteroatoms. The molecule has 1 aromatic heterocycles. The molecule has 1 aliphatic rings. The number of rotatable bonds is 2. The van der Waals surface area contributed by atoms with Gasteiger partial charge in [-0.2, -0.15) is 4.31 Å². The molecule has 0 bridgehead atoms. The lowest BCUT2D eigenvalue weighted by atomic mass is 10.0. The number of hydrogen-bond acceptors (Lipinski definition) is 3. The van der Waals surface area contributed by atoms with Gasteiger partial charge in [-0.3, -0.25) is 0 Å². The average molecular weight is 323 g/mol. The van der Waals surface area contributed by atoms with Crippen molar-refractivity contribution in [1.82, 2.24) is 9.29 Å². The van der Waals surface area contributed by atoms with Crippen LogP contribution >= 0.6 is 23.2 Å². The van der Waals surface area contributed by atoms with Crippen molar-refractivity contribution in [1.29, 1.82) is 0 Å². The molecule has 2 heterocycles. The van der Waals surface area contributed by atoms with E-state index in [4.69, 9.17) is 23.2 Å². The Bertz CT molecular complexity index is 563. The van der Waals surface area contributed by atoms with Crippen LogP contribution in [0.2, 0.25) is 10.2 Å². The van der Waals surface area contributed by atoms with Gasteiger partial charge in [0, 0.05) is 19.3 Å². The first-order valence-electron chi connectivity index (χ1n) is 6.22. The third-order valence-corrected chi connectivity index (χ3v) is 5.93. The Kier molecular flexibility index (Phi) is 4.71. The van der Waals surface area contributed by atoms with Crippen LogP contribution in [0.25, 0.3) is 0 Å². The van der Waals surface area contributed by atoms with E-state index in [1.165, 1.54) is 16.6 Å². The van der Waals surface area contributed by atoms with E-state index in [0.717, 1.165) is 19.3 Å². The highest BCUT2D eigenvalue weighted by Gasteiger charge is 2.27. The molecule has 106 valence electrons. The van der Waals surface area contributed by atoms with Gasteiger partial charge in [0.15, 0.2) is 0 Å². The first-order valence-corrected chi connectivity index (χ1v) is 8.42. The van der Waals surface area contributed by atoms with Crippen molar-refractivity contribution < 1.29 is 8.42 Å². The van der Waals surface area contributed by atoms with Gasteiger partial charge in [0.05, 0.1) is 5.02 Å². The van der Waals surface area contributed by atoms with Gasteiger partial charge in [0.25, 0.3) is 0 Å². The second kappa shape index (κ2) is 5.95. The third kappa shape index (κ3) is 3.40. The van der Waals surface area contributed by atoms with Crippen molar-refractivity contribution in [2.75, 3.05) is 13.1 Å². The molecule has 1 unspecified atom stereocenters. The Labute approximate surface area is 123 Å². The van der Waals surface area contributed by atoms with Crippen molar-refractivity contribution >= 4 is 33.2 Å². The number of hydrogen-bond donors (Lipinski definition) is 0. The van der Waals surface area contributed by atoms with Gasteiger partial charge < -0.3 is 0 Å². The van der Waals surface area contributed by atoms with Crippen LogP contribution in [-0.2, 0) is 10.0 Å². The third-order valence-electron chi connectivity index (χ3n) is 3.38. The summed E-state index contributed by atoms with van der Waals surface area (Å²) in [4.78, 5) is 3.91. The zero-order valence-electron chi connectivity index (χ0n) is 10.6. The van der Waals surface area contributed by atoms with Gasteiger partial charge in [-0.05, 0) is 31.2 Å². The molecule has 1 aliphatic heterocycles. The van der Waals surface area contributed by atoms with Crippen LogP contribution in [0.1, 0.15) is 26.2 Å². The smallest absolute Gasteiger partial charge is 0.242 e. The highest BCUT2D eigenvalue weighted by molar-refractivity contribution is 7.89. The first-order chi connectivity index (χ1) is 8.91. The molecule has 1 fully saturated rings. The molecule has 4 nitrogen and oxygen atoms in total. The van der Waals surface area contributed by atoms with E-state index in [2.05, 4.69) is 11.9 Å². The maximum atomic E-state index is 12.5. The topological polar surface area (TPSA) is 50.3 Å². The molecule has 0 radical (unpaired) electrons. The van der Waals surface area contributed by atoms with Crippen LogP contribution < -0.4 is 0 Å². The summed E-state index contributed by atoms with van der Waals surface area (Å²) in [6, 6.07) is 1.36. The van der Waals surface area contributed by atoms with E-state index in [0.29, 0.717) is 19.0 Å². The molecular weight excluding hydrogens is 307 g/mol. The van der Waals surface area contributed by atoms with Crippen LogP contribution in [0.3, 0.4) is 0 Å². The molecule has 2 rings (SSSR count). The summed E-state index contributed by atoms with van der Waals surface area (Å²) >= 11 is 11.5. The number of aromatic nitrogens is 1. The van der Waals surface area contributed by atoms with Gasteiger partial charge in [0.1, 0.15) is 10.0 Å². The van der Waals surface area contributed by atoms with Crippen LogP contribution in [0, 0.1) is 5.92 Å². The maximum absolute atomic E-state index is 12.5. The lowest BCUT2D eigenvalue weighted by molar-refractivity contribution is 0.416. The molecule has 0 N–H and O–H groups in total. The van der Waals surface area contributed by atoms with Gasteiger partial charge in [-0.1, -0.05) is 30.1 Å². The molecule has 0 saturated carbocycles. The van der Waals surface area contributed by atoms with Gasteiger partial charge in [-0.15, -0.1) is 0 Å². The highest BCUT2D eigenvalue weighted by atomic mass is 35.5. The van der Waals surface area contributed by atoms with Crippen molar-refractivity contribution in [2.24, 2.45) is 5.92 Å². The number of sulfonamides is 1. The summed E-state index contributed by atoms with van der Waals surface area (Å²) in [5, 5.41) is 0.274. The minimum absolute atomic E-state index is 0.108. The van der Waals surface area contributed by atoms with Crippen LogP contribution in [0.5, 0.6) is 0 Å². The average Bonchev–Trinajstić information content (AvgIpc) is 2.57. The van der Waals surface area contributed by atoms with E-state index < -0.39 is 10.0 Å². The van der Waals surface area contributed by atoms with Gasteiger partial charge >= 0.3 is 0 Å². The van der Waals surface area contributed by atoms with Crippen molar-refractivity contribution in [3.8, 4) is 0 Å². The van der Waals surface area contributed by atoms with Gasteiger partial charge in [-0.25, -0.2) is 13.4 Å². The van der Waals surface area contributed by atoms with Crippen molar-refractivity contribution in [3.63, 3.8) is 0 Å². The molecule has 0 amide bonds. The molecule has 19 heavy (non-hydrogen) atoms. The molecule has 1 atom stereocenters. The molecular formula is C12H16Cl2N2O2S. The van der Waals surface area contributed by atoms with E-state index in [1.54, 1.807) is 0 Å². The Morgan fingerprint density at radius 2 is 2.05 bits per heavy atom. The molecule has 1 aromatic rings. The van der Waals surface area contributed by atoms with Crippen molar-refractivity contribution in [2.45, 2.75) is 31.1 Å². The van der Waals surface area contributed by atoms with E-state index in [9.17, 15) is 8.42 Å².